The van der Waals surface area contributed by atoms with Gasteiger partial charge in [0.15, 0.2) is 6.10 Å². The largest absolute Gasteiger partial charge is 0.496 e. The number of morpholine rings is 1. The highest BCUT2D eigenvalue weighted by molar-refractivity contribution is 5.92. The number of hydrogen-bond donors (Lipinski definition) is 1. The van der Waals surface area contributed by atoms with Gasteiger partial charge in [-0.2, -0.15) is 0 Å². The van der Waals surface area contributed by atoms with Crippen LogP contribution in [0.4, 0.5) is 0 Å². The fourth-order valence-electron chi connectivity index (χ4n) is 3.15. The lowest BCUT2D eigenvalue weighted by atomic mass is 9.92. The van der Waals surface area contributed by atoms with Crippen molar-refractivity contribution in [2.24, 2.45) is 0 Å². The lowest BCUT2D eigenvalue weighted by molar-refractivity contribution is -0.160. The number of benzene rings is 1. The van der Waals surface area contributed by atoms with Crippen LogP contribution in [0.1, 0.15) is 24.0 Å². The summed E-state index contributed by atoms with van der Waals surface area (Å²) in [5.74, 6) is -0.255. The van der Waals surface area contributed by atoms with E-state index in [4.69, 9.17) is 14.6 Å². The Morgan fingerprint density at radius 1 is 1.39 bits per heavy atom. The summed E-state index contributed by atoms with van der Waals surface area (Å²) in [4.78, 5) is 25.7. The Hall–Kier alpha value is -2.08. The monoisotopic (exact) mass is 319 g/mol. The first-order chi connectivity index (χ1) is 11.0. The van der Waals surface area contributed by atoms with Crippen molar-refractivity contribution in [1.29, 1.82) is 0 Å². The van der Waals surface area contributed by atoms with Gasteiger partial charge in [0.05, 0.1) is 25.7 Å². The van der Waals surface area contributed by atoms with Crippen molar-refractivity contribution in [3.05, 3.63) is 29.3 Å². The van der Waals surface area contributed by atoms with Crippen molar-refractivity contribution < 1.29 is 24.2 Å². The zero-order chi connectivity index (χ0) is 16.6. The van der Waals surface area contributed by atoms with E-state index in [1.807, 2.05) is 25.1 Å². The SMILES string of the molecule is COc1cc(C2(C(=O)N3CCO[C@H](C(=O)O)C3)CC2)ccc1C. The molecule has 1 aromatic carbocycles. The molecule has 0 bridgehead atoms. The van der Waals surface area contributed by atoms with Crippen molar-refractivity contribution >= 4 is 11.9 Å². The van der Waals surface area contributed by atoms with Gasteiger partial charge in [-0.15, -0.1) is 0 Å². The molecule has 0 spiro atoms. The van der Waals surface area contributed by atoms with Crippen LogP contribution in [-0.4, -0.2) is 54.8 Å². The molecule has 0 unspecified atom stereocenters. The molecule has 1 N–H and O–H groups in total. The van der Waals surface area contributed by atoms with E-state index in [2.05, 4.69) is 0 Å². The highest BCUT2D eigenvalue weighted by Gasteiger charge is 2.53. The molecule has 1 amide bonds. The van der Waals surface area contributed by atoms with Crippen molar-refractivity contribution in [2.75, 3.05) is 26.8 Å². The molecule has 2 aliphatic rings. The van der Waals surface area contributed by atoms with Gasteiger partial charge < -0.3 is 19.5 Å². The molecule has 6 nitrogen and oxygen atoms in total. The van der Waals surface area contributed by atoms with Gasteiger partial charge in [0, 0.05) is 6.54 Å². The predicted molar refractivity (Wildman–Crippen MR) is 82.6 cm³/mol. The topological polar surface area (TPSA) is 76.1 Å². The zero-order valence-electron chi connectivity index (χ0n) is 13.4. The molecule has 2 fully saturated rings. The number of nitrogens with zero attached hydrogens (tertiary/aromatic N) is 1. The third-order valence-corrected chi connectivity index (χ3v) is 4.75. The summed E-state index contributed by atoms with van der Waals surface area (Å²) >= 11 is 0. The summed E-state index contributed by atoms with van der Waals surface area (Å²) in [6, 6.07) is 5.86. The Bertz CT molecular complexity index is 638. The lowest BCUT2D eigenvalue weighted by Gasteiger charge is -2.33. The van der Waals surface area contributed by atoms with Crippen LogP contribution >= 0.6 is 0 Å². The van der Waals surface area contributed by atoms with E-state index in [1.165, 1.54) is 0 Å². The highest BCUT2D eigenvalue weighted by atomic mass is 16.5. The molecular weight excluding hydrogens is 298 g/mol. The van der Waals surface area contributed by atoms with Crippen LogP contribution in [0.15, 0.2) is 18.2 Å². The quantitative estimate of drug-likeness (QED) is 0.906. The number of ether oxygens (including phenoxy) is 2. The molecule has 0 aromatic heterocycles. The molecule has 124 valence electrons. The van der Waals surface area contributed by atoms with Crippen LogP contribution in [0.5, 0.6) is 5.75 Å². The van der Waals surface area contributed by atoms with Crippen LogP contribution < -0.4 is 4.74 Å². The number of amides is 1. The molecule has 1 saturated carbocycles. The molecule has 6 heteroatoms. The first-order valence-electron chi connectivity index (χ1n) is 7.77. The number of aryl methyl sites for hydroxylation is 1. The minimum absolute atomic E-state index is 0.00189. The third kappa shape index (κ3) is 2.79. The summed E-state index contributed by atoms with van der Waals surface area (Å²) in [5.41, 5.74) is 1.45. The Kier molecular flexibility index (Phi) is 4.02. The van der Waals surface area contributed by atoms with E-state index in [0.29, 0.717) is 6.54 Å². The van der Waals surface area contributed by atoms with Crippen molar-refractivity contribution in [2.45, 2.75) is 31.3 Å². The minimum atomic E-state index is -1.02. The van der Waals surface area contributed by atoms with E-state index in [9.17, 15) is 9.59 Å². The Morgan fingerprint density at radius 2 is 2.13 bits per heavy atom. The standard InChI is InChI=1S/C17H21NO5/c1-11-3-4-12(9-13(11)22-2)17(5-6-17)16(21)18-7-8-23-14(10-18)15(19)20/h3-4,9,14H,5-8,10H2,1-2H3,(H,19,20)/t14-/m0/s1. The molecule has 23 heavy (non-hydrogen) atoms. The first kappa shape index (κ1) is 15.8. The van der Waals surface area contributed by atoms with Gasteiger partial charge in [0.2, 0.25) is 5.91 Å². The van der Waals surface area contributed by atoms with Crippen molar-refractivity contribution in [3.8, 4) is 5.75 Å². The minimum Gasteiger partial charge on any atom is -0.496 e. The molecule has 1 aromatic rings. The van der Waals surface area contributed by atoms with Gasteiger partial charge in [-0.25, -0.2) is 4.79 Å². The molecule has 1 heterocycles. The van der Waals surface area contributed by atoms with Crippen LogP contribution in [0, 0.1) is 6.92 Å². The van der Waals surface area contributed by atoms with Crippen LogP contribution in [-0.2, 0) is 19.7 Å². The summed E-state index contributed by atoms with van der Waals surface area (Å²) in [5, 5.41) is 9.09. The predicted octanol–water partition coefficient (Wildman–Crippen LogP) is 1.35. The van der Waals surface area contributed by atoms with E-state index >= 15 is 0 Å². The van der Waals surface area contributed by atoms with Crippen molar-refractivity contribution in [1.82, 2.24) is 4.90 Å². The number of aliphatic carboxylic acids is 1. The maximum absolute atomic E-state index is 13.0. The zero-order valence-corrected chi connectivity index (χ0v) is 13.4. The van der Waals surface area contributed by atoms with E-state index in [1.54, 1.807) is 12.0 Å². The molecule has 0 radical (unpaired) electrons. The maximum atomic E-state index is 13.0. The van der Waals surface area contributed by atoms with Crippen molar-refractivity contribution in [3.63, 3.8) is 0 Å². The van der Waals surface area contributed by atoms with E-state index < -0.39 is 17.5 Å². The van der Waals surface area contributed by atoms with E-state index in [0.717, 1.165) is 29.7 Å². The summed E-state index contributed by atoms with van der Waals surface area (Å²) in [7, 11) is 1.62. The summed E-state index contributed by atoms with van der Waals surface area (Å²) < 4.78 is 10.6. The van der Waals surface area contributed by atoms with Gasteiger partial charge in [-0.3, -0.25) is 4.79 Å². The van der Waals surface area contributed by atoms with Crippen LogP contribution in [0.3, 0.4) is 0 Å². The summed E-state index contributed by atoms with van der Waals surface area (Å²) in [6.07, 6.45) is 0.636. The number of carboxylic acid groups (broad SMARTS) is 1. The van der Waals surface area contributed by atoms with Gasteiger partial charge in [-0.1, -0.05) is 12.1 Å². The number of rotatable bonds is 4. The fourth-order valence-corrected chi connectivity index (χ4v) is 3.15. The Morgan fingerprint density at radius 3 is 2.74 bits per heavy atom. The molecule has 1 aliphatic heterocycles. The smallest absolute Gasteiger partial charge is 0.334 e. The number of hydrogen-bond acceptors (Lipinski definition) is 4. The van der Waals surface area contributed by atoms with Crippen LogP contribution in [0.25, 0.3) is 0 Å². The second-order valence-electron chi connectivity index (χ2n) is 6.22. The fraction of sp³-hybridized carbons (Fsp3) is 0.529. The summed E-state index contributed by atoms with van der Waals surface area (Å²) in [6.45, 7) is 2.77. The molecule has 3 rings (SSSR count). The van der Waals surface area contributed by atoms with Crippen LogP contribution in [0.2, 0.25) is 0 Å². The number of carbonyl (C=O) groups is 2. The maximum Gasteiger partial charge on any atom is 0.334 e. The Labute approximate surface area is 135 Å². The van der Waals surface area contributed by atoms with E-state index in [-0.39, 0.29) is 19.1 Å². The third-order valence-electron chi connectivity index (χ3n) is 4.75. The first-order valence-corrected chi connectivity index (χ1v) is 7.77. The number of methoxy groups -OCH3 is 1. The second-order valence-corrected chi connectivity index (χ2v) is 6.22. The average molecular weight is 319 g/mol. The lowest BCUT2D eigenvalue weighted by Crippen LogP contribution is -2.51. The molecular formula is C17H21NO5. The molecule has 1 saturated heterocycles. The average Bonchev–Trinajstić information content (AvgIpc) is 3.36. The van der Waals surface area contributed by atoms with Gasteiger partial charge in [0.1, 0.15) is 5.75 Å². The Balaban J connectivity index is 1.82. The highest BCUT2D eigenvalue weighted by Crippen LogP contribution is 2.50. The van der Waals surface area contributed by atoms with Gasteiger partial charge >= 0.3 is 5.97 Å². The number of carbonyl (C=O) groups excluding carboxylic acids is 1. The second kappa shape index (κ2) is 5.85. The normalized spacial score (nSPS) is 22.5. The molecule has 1 atom stereocenters. The van der Waals surface area contributed by atoms with Gasteiger partial charge in [-0.05, 0) is 37.0 Å². The van der Waals surface area contributed by atoms with Gasteiger partial charge in [0.25, 0.3) is 0 Å². The molecule has 1 aliphatic carbocycles. The number of carboxylic acids is 1.